The Morgan fingerprint density at radius 1 is 1.19 bits per heavy atom. The van der Waals surface area contributed by atoms with Crippen molar-refractivity contribution in [2.75, 3.05) is 18.5 Å². The van der Waals surface area contributed by atoms with Crippen LogP contribution in [0.2, 0.25) is 0 Å². The summed E-state index contributed by atoms with van der Waals surface area (Å²) in [6, 6.07) is 14.9. The summed E-state index contributed by atoms with van der Waals surface area (Å²) in [5, 5.41) is 6.35. The van der Waals surface area contributed by atoms with Gasteiger partial charge in [0, 0.05) is 17.5 Å². The summed E-state index contributed by atoms with van der Waals surface area (Å²) in [7, 11) is 0. The molecule has 0 unspecified atom stereocenters. The molecule has 1 aliphatic heterocycles. The molecule has 0 aliphatic carbocycles. The topological polar surface area (TPSA) is 83.2 Å². The zero-order valence-corrected chi connectivity index (χ0v) is 15.1. The van der Waals surface area contributed by atoms with Crippen LogP contribution in [0.3, 0.4) is 0 Å². The molecule has 0 atom stereocenters. The number of rotatable bonds is 6. The summed E-state index contributed by atoms with van der Waals surface area (Å²) >= 11 is 1.27. The van der Waals surface area contributed by atoms with Crippen LogP contribution in [0, 0.1) is 0 Å². The van der Waals surface area contributed by atoms with E-state index in [2.05, 4.69) is 15.6 Å². The predicted octanol–water partition coefficient (Wildman–Crippen LogP) is 3.38. The van der Waals surface area contributed by atoms with E-state index < -0.39 is 0 Å². The van der Waals surface area contributed by atoms with Gasteiger partial charge in [0.2, 0.25) is 0 Å². The van der Waals surface area contributed by atoms with Gasteiger partial charge < -0.3 is 20.4 Å². The van der Waals surface area contributed by atoms with E-state index in [1.807, 2.05) is 42.5 Å². The van der Waals surface area contributed by atoms with Gasteiger partial charge in [0.1, 0.15) is 17.4 Å². The molecule has 2 amide bonds. The molecule has 0 bridgehead atoms. The molecule has 4 rings (SSSR count). The van der Waals surface area contributed by atoms with Crippen LogP contribution in [0.1, 0.15) is 20.9 Å². The Kier molecular flexibility index (Phi) is 4.76. The molecule has 6 nitrogen and oxygen atoms in total. The zero-order chi connectivity index (χ0) is 18.6. The number of benzene rings is 1. The van der Waals surface area contributed by atoms with Crippen LogP contribution < -0.4 is 15.4 Å². The number of hydrogen-bond donors (Lipinski definition) is 3. The van der Waals surface area contributed by atoms with Crippen molar-refractivity contribution in [3.8, 4) is 5.75 Å². The third-order valence-electron chi connectivity index (χ3n) is 4.04. The van der Waals surface area contributed by atoms with E-state index in [-0.39, 0.29) is 11.8 Å². The highest BCUT2D eigenvalue weighted by molar-refractivity contribution is 7.18. The first-order valence-electron chi connectivity index (χ1n) is 8.47. The minimum atomic E-state index is -0.181. The molecular formula is C20H17N3O3S. The standard InChI is InChI=1S/C20H17N3O3S/c24-18-15(11-13-5-4-8-21-13)16-12-17(27-20(16)23-18)19(25)22-9-10-26-14-6-2-1-3-7-14/h1-8,11-12,21H,9-10H2,(H,22,25)(H,23,24)/b15-11-. The largest absolute Gasteiger partial charge is 0.492 e. The maximum absolute atomic E-state index is 12.4. The molecule has 0 spiro atoms. The average molecular weight is 379 g/mol. The minimum Gasteiger partial charge on any atom is -0.492 e. The number of para-hydroxylation sites is 1. The summed E-state index contributed by atoms with van der Waals surface area (Å²) in [5.74, 6) is 0.428. The third-order valence-corrected chi connectivity index (χ3v) is 5.09. The van der Waals surface area contributed by atoms with Gasteiger partial charge in [-0.1, -0.05) is 18.2 Å². The number of aromatic nitrogens is 1. The Morgan fingerprint density at radius 3 is 2.81 bits per heavy atom. The first-order valence-corrected chi connectivity index (χ1v) is 9.29. The lowest BCUT2D eigenvalue weighted by molar-refractivity contribution is -0.110. The number of thiophene rings is 1. The zero-order valence-electron chi connectivity index (χ0n) is 14.3. The fourth-order valence-corrected chi connectivity index (χ4v) is 3.74. The molecule has 27 heavy (non-hydrogen) atoms. The molecular weight excluding hydrogens is 362 g/mol. The smallest absolute Gasteiger partial charge is 0.261 e. The quantitative estimate of drug-likeness (QED) is 0.454. The number of nitrogens with one attached hydrogen (secondary N) is 3. The van der Waals surface area contributed by atoms with E-state index in [1.54, 1.807) is 18.3 Å². The summed E-state index contributed by atoms with van der Waals surface area (Å²) in [6.07, 6.45) is 3.58. The van der Waals surface area contributed by atoms with E-state index in [0.29, 0.717) is 28.6 Å². The summed E-state index contributed by atoms with van der Waals surface area (Å²) in [4.78, 5) is 28.1. The molecule has 1 aromatic carbocycles. The number of fused-ring (bicyclic) bond motifs is 1. The van der Waals surface area contributed by atoms with Gasteiger partial charge in [-0.05, 0) is 36.4 Å². The number of aromatic amines is 1. The molecule has 3 aromatic rings. The molecule has 136 valence electrons. The van der Waals surface area contributed by atoms with Crippen molar-refractivity contribution in [2.24, 2.45) is 0 Å². The number of carbonyl (C=O) groups excluding carboxylic acids is 2. The maximum Gasteiger partial charge on any atom is 0.261 e. The van der Waals surface area contributed by atoms with E-state index >= 15 is 0 Å². The number of anilines is 1. The molecule has 3 heterocycles. The number of hydrogen-bond acceptors (Lipinski definition) is 4. The van der Waals surface area contributed by atoms with E-state index in [1.165, 1.54) is 11.3 Å². The summed E-state index contributed by atoms with van der Waals surface area (Å²) in [6.45, 7) is 0.781. The van der Waals surface area contributed by atoms with Crippen molar-refractivity contribution in [3.63, 3.8) is 0 Å². The second-order valence-electron chi connectivity index (χ2n) is 5.91. The van der Waals surface area contributed by atoms with Crippen LogP contribution >= 0.6 is 11.3 Å². The lowest BCUT2D eigenvalue weighted by Crippen LogP contribution is -2.27. The molecule has 0 radical (unpaired) electrons. The Balaban J connectivity index is 1.39. The van der Waals surface area contributed by atoms with Gasteiger partial charge in [-0.2, -0.15) is 0 Å². The van der Waals surface area contributed by atoms with Gasteiger partial charge >= 0.3 is 0 Å². The van der Waals surface area contributed by atoms with Crippen LogP contribution in [0.5, 0.6) is 5.75 Å². The van der Waals surface area contributed by atoms with Crippen LogP contribution in [0.15, 0.2) is 54.7 Å². The van der Waals surface area contributed by atoms with Gasteiger partial charge in [-0.15, -0.1) is 11.3 Å². The maximum atomic E-state index is 12.4. The predicted molar refractivity (Wildman–Crippen MR) is 106 cm³/mol. The van der Waals surface area contributed by atoms with Gasteiger partial charge in [0.05, 0.1) is 17.0 Å². The monoisotopic (exact) mass is 379 g/mol. The lowest BCUT2D eigenvalue weighted by atomic mass is 10.1. The molecule has 0 fully saturated rings. The fourth-order valence-electron chi connectivity index (χ4n) is 2.76. The number of ether oxygens (including phenoxy) is 1. The molecule has 7 heteroatoms. The first kappa shape index (κ1) is 17.1. The first-order chi connectivity index (χ1) is 13.2. The highest BCUT2D eigenvalue weighted by atomic mass is 32.1. The van der Waals surface area contributed by atoms with E-state index in [4.69, 9.17) is 4.74 Å². The van der Waals surface area contributed by atoms with Crippen LogP contribution in [0.4, 0.5) is 5.00 Å². The van der Waals surface area contributed by atoms with Crippen LogP contribution in [-0.4, -0.2) is 29.9 Å². The van der Waals surface area contributed by atoms with Crippen LogP contribution in [-0.2, 0) is 4.79 Å². The molecule has 0 saturated carbocycles. The Labute approximate surface area is 159 Å². The van der Waals surface area contributed by atoms with Crippen molar-refractivity contribution in [2.45, 2.75) is 0 Å². The average Bonchev–Trinajstić information content (AvgIpc) is 3.39. The minimum absolute atomic E-state index is 0.158. The Bertz CT molecular complexity index is 991. The number of amides is 2. The number of H-pyrrole nitrogens is 1. The molecule has 1 aliphatic rings. The third kappa shape index (κ3) is 3.78. The lowest BCUT2D eigenvalue weighted by Gasteiger charge is -2.06. The second kappa shape index (κ2) is 7.51. The molecule has 0 saturated heterocycles. The fraction of sp³-hybridized carbons (Fsp3) is 0.100. The Hall–Kier alpha value is -3.32. The van der Waals surface area contributed by atoms with Gasteiger partial charge in [0.15, 0.2) is 0 Å². The molecule has 3 N–H and O–H groups in total. The van der Waals surface area contributed by atoms with E-state index in [0.717, 1.165) is 17.0 Å². The van der Waals surface area contributed by atoms with Gasteiger partial charge in [0.25, 0.3) is 11.8 Å². The second-order valence-corrected chi connectivity index (χ2v) is 6.96. The Morgan fingerprint density at radius 2 is 2.04 bits per heavy atom. The van der Waals surface area contributed by atoms with Crippen LogP contribution in [0.25, 0.3) is 11.6 Å². The molecule has 2 aromatic heterocycles. The highest BCUT2D eigenvalue weighted by Crippen LogP contribution is 2.39. The summed E-state index contributed by atoms with van der Waals surface area (Å²) < 4.78 is 5.56. The van der Waals surface area contributed by atoms with Crippen molar-refractivity contribution in [1.82, 2.24) is 10.3 Å². The van der Waals surface area contributed by atoms with Crippen molar-refractivity contribution >= 4 is 39.8 Å². The normalized spacial score (nSPS) is 14.1. The SMILES string of the molecule is O=C1Nc2sc(C(=O)NCCOc3ccccc3)cc2/C1=C/c1ccc[nH]1. The summed E-state index contributed by atoms with van der Waals surface area (Å²) in [5.41, 5.74) is 2.14. The van der Waals surface area contributed by atoms with E-state index in [9.17, 15) is 9.59 Å². The van der Waals surface area contributed by atoms with Crippen molar-refractivity contribution < 1.29 is 14.3 Å². The van der Waals surface area contributed by atoms with Crippen molar-refractivity contribution in [3.05, 3.63) is 70.9 Å². The highest BCUT2D eigenvalue weighted by Gasteiger charge is 2.28. The van der Waals surface area contributed by atoms with Gasteiger partial charge in [-0.25, -0.2) is 0 Å². The van der Waals surface area contributed by atoms with Gasteiger partial charge in [-0.3, -0.25) is 9.59 Å². The number of carbonyl (C=O) groups is 2. The van der Waals surface area contributed by atoms with Crippen molar-refractivity contribution in [1.29, 1.82) is 0 Å².